The molecule has 0 spiro atoms. The number of likely N-dealkylation sites (tertiary alicyclic amines) is 1. The Hall–Kier alpha value is -2.37. The minimum absolute atomic E-state index is 0.499. The molecule has 0 aromatic heterocycles. The van der Waals surface area contributed by atoms with Gasteiger partial charge < -0.3 is 15.4 Å². The molecule has 31 heavy (non-hydrogen) atoms. The van der Waals surface area contributed by atoms with E-state index >= 15 is 0 Å². The van der Waals surface area contributed by atoms with Crippen molar-refractivity contribution in [2.75, 3.05) is 32.8 Å². The summed E-state index contributed by atoms with van der Waals surface area (Å²) in [6.45, 7) is 8.63. The van der Waals surface area contributed by atoms with Crippen molar-refractivity contribution in [2.45, 2.75) is 51.8 Å². The zero-order valence-electron chi connectivity index (χ0n) is 18.9. The van der Waals surface area contributed by atoms with Crippen LogP contribution in [0, 0.1) is 0 Å². The number of aliphatic imine (C=N–C) groups is 1. The SMILES string of the molecule is CCNC(=NCCCCOCc1ccccc1)NC1CCN(Cc2ccccc2)CC1. The van der Waals surface area contributed by atoms with E-state index < -0.39 is 0 Å². The Labute approximate surface area is 187 Å². The molecule has 1 heterocycles. The first-order valence-electron chi connectivity index (χ1n) is 11.8. The van der Waals surface area contributed by atoms with Crippen molar-refractivity contribution in [3.63, 3.8) is 0 Å². The molecule has 2 aromatic rings. The lowest BCUT2D eigenvalue weighted by Gasteiger charge is -2.33. The number of rotatable bonds is 11. The molecule has 0 saturated carbocycles. The lowest BCUT2D eigenvalue weighted by molar-refractivity contribution is 0.117. The van der Waals surface area contributed by atoms with Crippen LogP contribution in [0.15, 0.2) is 65.7 Å². The molecule has 2 aromatic carbocycles. The van der Waals surface area contributed by atoms with Gasteiger partial charge in [0.15, 0.2) is 5.96 Å². The summed E-state index contributed by atoms with van der Waals surface area (Å²) in [5.74, 6) is 0.953. The second-order valence-corrected chi connectivity index (χ2v) is 8.19. The minimum Gasteiger partial charge on any atom is -0.377 e. The van der Waals surface area contributed by atoms with Crippen LogP contribution in [0.25, 0.3) is 0 Å². The Bertz CT molecular complexity index is 743. The van der Waals surface area contributed by atoms with Crippen LogP contribution in [0.3, 0.4) is 0 Å². The molecule has 168 valence electrons. The Kier molecular flexibility index (Phi) is 10.4. The molecule has 3 rings (SSSR count). The molecule has 1 fully saturated rings. The zero-order valence-corrected chi connectivity index (χ0v) is 18.9. The van der Waals surface area contributed by atoms with Gasteiger partial charge >= 0.3 is 0 Å². The van der Waals surface area contributed by atoms with Gasteiger partial charge in [0.1, 0.15) is 0 Å². The fourth-order valence-corrected chi connectivity index (χ4v) is 3.86. The van der Waals surface area contributed by atoms with Crippen molar-refractivity contribution in [1.82, 2.24) is 15.5 Å². The molecule has 2 N–H and O–H groups in total. The molecule has 0 amide bonds. The number of benzene rings is 2. The summed E-state index contributed by atoms with van der Waals surface area (Å²) in [5.41, 5.74) is 2.63. The van der Waals surface area contributed by atoms with E-state index in [0.717, 1.165) is 71.0 Å². The van der Waals surface area contributed by atoms with Gasteiger partial charge in [-0.2, -0.15) is 0 Å². The topological polar surface area (TPSA) is 48.9 Å². The van der Waals surface area contributed by atoms with Gasteiger partial charge in [-0.25, -0.2) is 0 Å². The predicted molar refractivity (Wildman–Crippen MR) is 129 cm³/mol. The van der Waals surface area contributed by atoms with Crippen LogP contribution < -0.4 is 10.6 Å². The molecule has 1 aliphatic rings. The molecular weight excluding hydrogens is 384 g/mol. The quantitative estimate of drug-likeness (QED) is 0.324. The second-order valence-electron chi connectivity index (χ2n) is 8.19. The van der Waals surface area contributed by atoms with Gasteiger partial charge in [0, 0.05) is 45.4 Å². The van der Waals surface area contributed by atoms with Gasteiger partial charge in [-0.15, -0.1) is 0 Å². The highest BCUT2D eigenvalue weighted by atomic mass is 16.5. The average Bonchev–Trinajstić information content (AvgIpc) is 2.81. The fraction of sp³-hybridized carbons (Fsp3) is 0.500. The number of hydrogen-bond donors (Lipinski definition) is 2. The van der Waals surface area contributed by atoms with Gasteiger partial charge in [0.25, 0.3) is 0 Å². The highest BCUT2D eigenvalue weighted by Gasteiger charge is 2.19. The minimum atomic E-state index is 0.499. The van der Waals surface area contributed by atoms with Crippen molar-refractivity contribution in [2.24, 2.45) is 4.99 Å². The number of hydrogen-bond acceptors (Lipinski definition) is 3. The van der Waals surface area contributed by atoms with Crippen LogP contribution in [0.1, 0.15) is 43.7 Å². The van der Waals surface area contributed by atoms with Gasteiger partial charge in [-0.3, -0.25) is 9.89 Å². The number of ether oxygens (including phenoxy) is 1. The maximum absolute atomic E-state index is 5.76. The lowest BCUT2D eigenvalue weighted by Crippen LogP contribution is -2.48. The Morgan fingerprint density at radius 3 is 2.32 bits per heavy atom. The maximum atomic E-state index is 5.76. The Balaban J connectivity index is 1.30. The molecule has 0 bridgehead atoms. The summed E-state index contributed by atoms with van der Waals surface area (Å²) in [4.78, 5) is 7.32. The van der Waals surface area contributed by atoms with Crippen LogP contribution in [0.2, 0.25) is 0 Å². The van der Waals surface area contributed by atoms with E-state index in [9.17, 15) is 0 Å². The van der Waals surface area contributed by atoms with Crippen molar-refractivity contribution in [3.8, 4) is 0 Å². The summed E-state index contributed by atoms with van der Waals surface area (Å²) < 4.78 is 5.76. The van der Waals surface area contributed by atoms with Crippen LogP contribution in [-0.4, -0.2) is 49.7 Å². The highest BCUT2D eigenvalue weighted by molar-refractivity contribution is 5.80. The number of unbranched alkanes of at least 4 members (excludes halogenated alkanes) is 1. The maximum Gasteiger partial charge on any atom is 0.191 e. The van der Waals surface area contributed by atoms with E-state index in [0.29, 0.717) is 12.6 Å². The van der Waals surface area contributed by atoms with Gasteiger partial charge in [0.2, 0.25) is 0 Å². The Morgan fingerprint density at radius 1 is 0.968 bits per heavy atom. The van der Waals surface area contributed by atoms with Crippen molar-refractivity contribution >= 4 is 5.96 Å². The van der Waals surface area contributed by atoms with Gasteiger partial charge in [-0.05, 0) is 43.7 Å². The Morgan fingerprint density at radius 2 is 1.65 bits per heavy atom. The number of piperidine rings is 1. The van der Waals surface area contributed by atoms with Gasteiger partial charge in [0.05, 0.1) is 6.61 Å². The van der Waals surface area contributed by atoms with Crippen LogP contribution in [0.5, 0.6) is 0 Å². The van der Waals surface area contributed by atoms with E-state index in [4.69, 9.17) is 9.73 Å². The standard InChI is InChI=1S/C26H38N4O/c1-2-27-26(28-17-9-10-20-31-22-24-13-7-4-8-14-24)29-25-15-18-30(19-16-25)21-23-11-5-3-6-12-23/h3-8,11-14,25H,2,9-10,15-22H2,1H3,(H2,27,28,29). The first-order valence-corrected chi connectivity index (χ1v) is 11.8. The van der Waals surface area contributed by atoms with Crippen molar-refractivity contribution < 1.29 is 4.74 Å². The highest BCUT2D eigenvalue weighted by Crippen LogP contribution is 2.13. The third-order valence-electron chi connectivity index (χ3n) is 5.60. The molecule has 0 aliphatic carbocycles. The monoisotopic (exact) mass is 422 g/mol. The van der Waals surface area contributed by atoms with E-state index in [1.54, 1.807) is 0 Å². The van der Waals surface area contributed by atoms with Crippen LogP contribution in [0.4, 0.5) is 0 Å². The zero-order chi connectivity index (χ0) is 21.6. The fourth-order valence-electron chi connectivity index (χ4n) is 3.86. The smallest absolute Gasteiger partial charge is 0.191 e. The first kappa shape index (κ1) is 23.3. The molecule has 1 aliphatic heterocycles. The normalized spacial score (nSPS) is 15.7. The van der Waals surface area contributed by atoms with E-state index in [1.807, 2.05) is 6.07 Å². The lowest BCUT2D eigenvalue weighted by atomic mass is 10.0. The number of nitrogens with zero attached hydrogens (tertiary/aromatic N) is 2. The third-order valence-corrected chi connectivity index (χ3v) is 5.60. The average molecular weight is 423 g/mol. The molecule has 1 saturated heterocycles. The van der Waals surface area contributed by atoms with E-state index in [-0.39, 0.29) is 0 Å². The number of guanidine groups is 1. The molecule has 0 atom stereocenters. The molecule has 5 nitrogen and oxygen atoms in total. The van der Waals surface area contributed by atoms with E-state index in [2.05, 4.69) is 77.1 Å². The van der Waals surface area contributed by atoms with Crippen molar-refractivity contribution in [1.29, 1.82) is 0 Å². The largest absolute Gasteiger partial charge is 0.377 e. The summed E-state index contributed by atoms with van der Waals surface area (Å²) >= 11 is 0. The summed E-state index contributed by atoms with van der Waals surface area (Å²) in [6.07, 6.45) is 4.39. The first-order chi connectivity index (χ1) is 15.3. The van der Waals surface area contributed by atoms with Gasteiger partial charge in [-0.1, -0.05) is 60.7 Å². The summed E-state index contributed by atoms with van der Waals surface area (Å²) in [7, 11) is 0. The third kappa shape index (κ3) is 9.11. The van der Waals surface area contributed by atoms with E-state index in [1.165, 1.54) is 11.1 Å². The number of nitrogens with one attached hydrogen (secondary N) is 2. The summed E-state index contributed by atoms with van der Waals surface area (Å²) in [6, 6.07) is 21.6. The van der Waals surface area contributed by atoms with Crippen LogP contribution >= 0.6 is 0 Å². The second kappa shape index (κ2) is 13.8. The van der Waals surface area contributed by atoms with Crippen molar-refractivity contribution in [3.05, 3.63) is 71.8 Å². The molecular formula is C26H38N4O. The van der Waals surface area contributed by atoms with Crippen LogP contribution in [-0.2, 0) is 17.9 Å². The summed E-state index contributed by atoms with van der Waals surface area (Å²) in [5, 5.41) is 7.04. The molecule has 0 radical (unpaired) electrons. The molecule has 0 unspecified atom stereocenters. The predicted octanol–water partition coefficient (Wildman–Crippen LogP) is 4.20. The molecule has 5 heteroatoms.